The third-order valence-corrected chi connectivity index (χ3v) is 4.05. The van der Waals surface area contributed by atoms with Crippen LogP contribution in [0.2, 0.25) is 0 Å². The summed E-state index contributed by atoms with van der Waals surface area (Å²) in [5.41, 5.74) is 6.88. The van der Waals surface area contributed by atoms with Gasteiger partial charge in [-0.1, -0.05) is 94.8 Å². The summed E-state index contributed by atoms with van der Waals surface area (Å²) in [6, 6.07) is 19.9. The van der Waals surface area contributed by atoms with Crippen LogP contribution in [-0.2, 0) is 6.42 Å². The molecular weight excluding hydrogens is 288 g/mol. The summed E-state index contributed by atoms with van der Waals surface area (Å²) in [5.74, 6) is 0. The maximum Gasteiger partial charge on any atom is -0.00733 e. The molecule has 0 nitrogen and oxygen atoms in total. The molecule has 0 spiro atoms. The molecule has 0 heteroatoms. The highest BCUT2D eigenvalue weighted by Crippen LogP contribution is 2.34. The number of fused-ring (bicyclic) bond motifs is 1. The van der Waals surface area contributed by atoms with Crippen molar-refractivity contribution in [3.8, 4) is 11.1 Å². The summed E-state index contributed by atoms with van der Waals surface area (Å²) in [6.45, 7) is 14.6. The lowest BCUT2D eigenvalue weighted by Gasteiger charge is -2.15. The fourth-order valence-corrected chi connectivity index (χ4v) is 2.97. The smallest absolute Gasteiger partial charge is 0.00733 e. The van der Waals surface area contributed by atoms with E-state index in [0.29, 0.717) is 0 Å². The SMILES string of the molecule is CC.CC.CCc1ccc(C)cc1-c1c(C)ccc2ccccc12. The fourth-order valence-electron chi connectivity index (χ4n) is 2.97. The normalized spacial score (nSPS) is 9.62. The van der Waals surface area contributed by atoms with Crippen LogP contribution in [0.4, 0.5) is 0 Å². The molecule has 0 aromatic heterocycles. The molecule has 3 aromatic rings. The second kappa shape index (κ2) is 9.93. The zero-order chi connectivity index (χ0) is 18.1. The minimum absolute atomic E-state index is 1.07. The number of hydrogen-bond acceptors (Lipinski definition) is 0. The van der Waals surface area contributed by atoms with Crippen LogP contribution in [0.5, 0.6) is 0 Å². The number of benzene rings is 3. The van der Waals surface area contributed by atoms with E-state index in [0.717, 1.165) is 6.42 Å². The first kappa shape index (κ1) is 20.0. The Morgan fingerprint density at radius 2 is 1.42 bits per heavy atom. The summed E-state index contributed by atoms with van der Waals surface area (Å²) in [4.78, 5) is 0. The Morgan fingerprint density at radius 3 is 2.08 bits per heavy atom. The summed E-state index contributed by atoms with van der Waals surface area (Å²) in [6.07, 6.45) is 1.07. The van der Waals surface area contributed by atoms with Gasteiger partial charge in [0, 0.05) is 0 Å². The van der Waals surface area contributed by atoms with E-state index in [4.69, 9.17) is 0 Å². The minimum atomic E-state index is 1.07. The summed E-state index contributed by atoms with van der Waals surface area (Å²) in [7, 11) is 0. The van der Waals surface area contributed by atoms with Gasteiger partial charge < -0.3 is 0 Å². The van der Waals surface area contributed by atoms with Gasteiger partial charge in [-0.25, -0.2) is 0 Å². The molecular formula is C24H32. The summed E-state index contributed by atoms with van der Waals surface area (Å²) < 4.78 is 0. The van der Waals surface area contributed by atoms with Gasteiger partial charge in [0.1, 0.15) is 0 Å². The molecule has 0 N–H and O–H groups in total. The first-order chi connectivity index (χ1) is 11.7. The molecule has 0 aliphatic carbocycles. The average Bonchev–Trinajstić information content (AvgIpc) is 2.65. The van der Waals surface area contributed by atoms with Gasteiger partial charge in [-0.3, -0.25) is 0 Å². The Kier molecular flexibility index (Phi) is 8.26. The van der Waals surface area contributed by atoms with Gasteiger partial charge in [0.25, 0.3) is 0 Å². The lowest BCUT2D eigenvalue weighted by Crippen LogP contribution is -1.93. The second-order valence-electron chi connectivity index (χ2n) is 5.49. The highest BCUT2D eigenvalue weighted by atomic mass is 14.1. The van der Waals surface area contributed by atoms with Gasteiger partial charge in [-0.2, -0.15) is 0 Å². The van der Waals surface area contributed by atoms with E-state index in [1.165, 1.54) is 38.6 Å². The summed E-state index contributed by atoms with van der Waals surface area (Å²) in [5, 5.41) is 2.67. The lowest BCUT2D eigenvalue weighted by molar-refractivity contribution is 1.14. The van der Waals surface area contributed by atoms with E-state index in [9.17, 15) is 0 Å². The van der Waals surface area contributed by atoms with Crippen LogP contribution in [0.15, 0.2) is 54.6 Å². The first-order valence-electron chi connectivity index (χ1n) is 9.29. The topological polar surface area (TPSA) is 0 Å². The van der Waals surface area contributed by atoms with Crippen LogP contribution in [0.1, 0.15) is 51.3 Å². The van der Waals surface area contributed by atoms with Crippen molar-refractivity contribution in [3.05, 3.63) is 71.3 Å². The highest BCUT2D eigenvalue weighted by molar-refractivity contribution is 5.99. The first-order valence-corrected chi connectivity index (χ1v) is 9.29. The van der Waals surface area contributed by atoms with Crippen molar-refractivity contribution in [3.63, 3.8) is 0 Å². The number of aryl methyl sites for hydroxylation is 3. The Morgan fingerprint density at radius 1 is 0.750 bits per heavy atom. The molecule has 0 radical (unpaired) electrons. The maximum absolute atomic E-state index is 2.33. The zero-order valence-corrected chi connectivity index (χ0v) is 16.4. The average molecular weight is 321 g/mol. The molecule has 0 aliphatic rings. The quantitative estimate of drug-likeness (QED) is 0.453. The van der Waals surface area contributed by atoms with Crippen molar-refractivity contribution in [2.75, 3.05) is 0 Å². The third-order valence-electron chi connectivity index (χ3n) is 4.05. The van der Waals surface area contributed by atoms with E-state index in [1.54, 1.807) is 0 Å². The molecule has 24 heavy (non-hydrogen) atoms. The molecule has 128 valence electrons. The van der Waals surface area contributed by atoms with E-state index in [2.05, 4.69) is 75.4 Å². The van der Waals surface area contributed by atoms with Crippen molar-refractivity contribution >= 4 is 10.8 Å². The van der Waals surface area contributed by atoms with Crippen LogP contribution < -0.4 is 0 Å². The molecule has 0 heterocycles. The Balaban J connectivity index is 0.000000671. The molecule has 0 bridgehead atoms. The van der Waals surface area contributed by atoms with Crippen LogP contribution in [-0.4, -0.2) is 0 Å². The highest BCUT2D eigenvalue weighted by Gasteiger charge is 2.10. The molecule has 3 aromatic carbocycles. The van der Waals surface area contributed by atoms with Crippen molar-refractivity contribution < 1.29 is 0 Å². The van der Waals surface area contributed by atoms with E-state index in [-0.39, 0.29) is 0 Å². The van der Waals surface area contributed by atoms with Gasteiger partial charge in [-0.05, 0) is 53.3 Å². The standard InChI is InChI=1S/C20H20.2C2H6/c1-4-16-11-9-14(2)13-19(16)20-15(3)10-12-17-7-5-6-8-18(17)20;2*1-2/h5-13H,4H2,1-3H3;2*1-2H3. The van der Waals surface area contributed by atoms with Crippen molar-refractivity contribution in [1.29, 1.82) is 0 Å². The summed E-state index contributed by atoms with van der Waals surface area (Å²) >= 11 is 0. The predicted octanol–water partition coefficient (Wildman–Crippen LogP) is 7.74. The van der Waals surface area contributed by atoms with Crippen molar-refractivity contribution in [1.82, 2.24) is 0 Å². The van der Waals surface area contributed by atoms with Crippen LogP contribution in [0.3, 0.4) is 0 Å². The second-order valence-corrected chi connectivity index (χ2v) is 5.49. The number of hydrogen-bond donors (Lipinski definition) is 0. The molecule has 0 aliphatic heterocycles. The van der Waals surface area contributed by atoms with Gasteiger partial charge in [0.15, 0.2) is 0 Å². The Bertz CT molecular complexity index is 766. The fraction of sp³-hybridized carbons (Fsp3) is 0.333. The lowest BCUT2D eigenvalue weighted by atomic mass is 9.89. The van der Waals surface area contributed by atoms with Gasteiger partial charge in [0.05, 0.1) is 0 Å². The third kappa shape index (κ3) is 4.26. The number of rotatable bonds is 2. The van der Waals surface area contributed by atoms with Gasteiger partial charge in [-0.15, -0.1) is 0 Å². The van der Waals surface area contributed by atoms with Crippen molar-refractivity contribution in [2.45, 2.75) is 54.9 Å². The predicted molar refractivity (Wildman–Crippen MR) is 111 cm³/mol. The monoisotopic (exact) mass is 320 g/mol. The maximum atomic E-state index is 2.33. The minimum Gasteiger partial charge on any atom is -0.0683 e. The molecule has 3 rings (SSSR count). The molecule has 0 saturated heterocycles. The molecule has 0 fully saturated rings. The Labute approximate surface area is 148 Å². The molecule has 0 saturated carbocycles. The van der Waals surface area contributed by atoms with E-state index in [1.807, 2.05) is 27.7 Å². The van der Waals surface area contributed by atoms with E-state index < -0.39 is 0 Å². The largest absolute Gasteiger partial charge is 0.0683 e. The molecule has 0 unspecified atom stereocenters. The van der Waals surface area contributed by atoms with Gasteiger partial charge >= 0.3 is 0 Å². The van der Waals surface area contributed by atoms with Gasteiger partial charge in [0.2, 0.25) is 0 Å². The van der Waals surface area contributed by atoms with Crippen molar-refractivity contribution in [2.24, 2.45) is 0 Å². The molecule has 0 atom stereocenters. The zero-order valence-electron chi connectivity index (χ0n) is 16.4. The molecule has 0 amide bonds. The van der Waals surface area contributed by atoms with Crippen LogP contribution in [0, 0.1) is 13.8 Å². The van der Waals surface area contributed by atoms with E-state index >= 15 is 0 Å². The van der Waals surface area contributed by atoms with Crippen LogP contribution >= 0.6 is 0 Å². The van der Waals surface area contributed by atoms with Crippen LogP contribution in [0.25, 0.3) is 21.9 Å². The Hall–Kier alpha value is -2.08.